The Labute approximate surface area is 483 Å². The van der Waals surface area contributed by atoms with Crippen molar-refractivity contribution in [2.24, 2.45) is 0 Å². The van der Waals surface area contributed by atoms with Crippen molar-refractivity contribution in [1.29, 1.82) is 0 Å². The predicted molar refractivity (Wildman–Crippen MR) is 277 cm³/mol. The zero-order chi connectivity index (χ0) is 48.7. The predicted octanol–water partition coefficient (Wildman–Crippen LogP) is 10.6. The molecule has 8 aromatic rings. The third kappa shape index (κ3) is 9.31. The molecule has 4 aliphatic rings. The van der Waals surface area contributed by atoms with Crippen LogP contribution < -0.4 is 19.6 Å². The van der Waals surface area contributed by atoms with Gasteiger partial charge in [-0.1, -0.05) is 84.9 Å². The SMILES string of the molecule is O=C1c2ccc(Cc3ccc4c(c3)C(=O)N(c3ccc(Cc5ccc(N6C(=O)c7ccc(Cc8ccc9c(c8)C(=O)N(c8ccccc8)C9=O)cc7C6=O)cc5)cc3)C4=O)cc2C(=O)N1c1ccccc1.[CH3-].[CH3-].[Y].[Y]. The number of para-hydroxylation sites is 2. The molecule has 0 aliphatic carbocycles. The van der Waals surface area contributed by atoms with Gasteiger partial charge in [-0.25, -0.2) is 19.6 Å². The van der Waals surface area contributed by atoms with E-state index in [-0.39, 0.29) is 103 Å². The van der Waals surface area contributed by atoms with Gasteiger partial charge < -0.3 is 14.9 Å². The number of fused-ring (bicyclic) bond motifs is 4. The summed E-state index contributed by atoms with van der Waals surface area (Å²) in [5, 5.41) is 0. The minimum atomic E-state index is -0.445. The third-order valence-corrected chi connectivity index (χ3v) is 13.4. The molecule has 4 aliphatic heterocycles. The number of amides is 8. The number of imide groups is 4. The Balaban J connectivity index is 0.00000187. The first-order valence-corrected chi connectivity index (χ1v) is 22.9. The Morgan fingerprint density at radius 2 is 0.427 bits per heavy atom. The van der Waals surface area contributed by atoms with Crippen molar-refractivity contribution in [2.45, 2.75) is 19.3 Å². The molecule has 0 atom stereocenters. The number of hydrogen-bond donors (Lipinski definition) is 0. The Kier molecular flexibility index (Phi) is 15.4. The van der Waals surface area contributed by atoms with E-state index >= 15 is 0 Å². The van der Waals surface area contributed by atoms with Crippen molar-refractivity contribution < 1.29 is 104 Å². The van der Waals surface area contributed by atoms with E-state index in [0.717, 1.165) is 43.2 Å². The molecule has 0 saturated carbocycles. The molecule has 14 heteroatoms. The van der Waals surface area contributed by atoms with Gasteiger partial charge in [0.15, 0.2) is 0 Å². The Bertz CT molecular complexity index is 3450. The molecule has 0 N–H and O–H groups in total. The van der Waals surface area contributed by atoms with Gasteiger partial charge in [-0.2, -0.15) is 0 Å². The summed E-state index contributed by atoms with van der Waals surface area (Å²) in [5.41, 5.74) is 9.16. The summed E-state index contributed by atoms with van der Waals surface area (Å²) in [6.45, 7) is 0. The molecule has 4 heterocycles. The van der Waals surface area contributed by atoms with Crippen LogP contribution in [0.25, 0.3) is 0 Å². The van der Waals surface area contributed by atoms with Crippen LogP contribution in [0, 0.1) is 14.9 Å². The summed E-state index contributed by atoms with van der Waals surface area (Å²) in [4.78, 5) is 112. The second-order valence-electron chi connectivity index (χ2n) is 17.8. The number of benzene rings is 8. The van der Waals surface area contributed by atoms with E-state index in [4.69, 9.17) is 0 Å². The van der Waals surface area contributed by atoms with Crippen LogP contribution in [0.2, 0.25) is 0 Å². The van der Waals surface area contributed by atoms with Gasteiger partial charge >= 0.3 is 0 Å². The Hall–Kier alpha value is -7.47. The van der Waals surface area contributed by atoms with Crippen LogP contribution in [0.4, 0.5) is 22.7 Å². The summed E-state index contributed by atoms with van der Waals surface area (Å²) in [7, 11) is 0. The summed E-state index contributed by atoms with van der Waals surface area (Å²) in [5.74, 6) is -3.31. The fraction of sp³-hybridized carbons (Fsp3) is 0.0492. The average Bonchev–Trinajstić information content (AvgIpc) is 3.99. The summed E-state index contributed by atoms with van der Waals surface area (Å²) >= 11 is 0. The first-order valence-electron chi connectivity index (χ1n) is 22.9. The number of carbonyl (C=O) groups is 8. The molecule has 0 bridgehead atoms. The van der Waals surface area contributed by atoms with E-state index in [1.807, 2.05) is 36.4 Å². The summed E-state index contributed by atoms with van der Waals surface area (Å²) < 4.78 is 0. The second-order valence-corrected chi connectivity index (χ2v) is 17.8. The van der Waals surface area contributed by atoms with Crippen molar-refractivity contribution in [3.05, 3.63) is 275 Å². The van der Waals surface area contributed by atoms with Gasteiger partial charge in [0.2, 0.25) is 0 Å². The molecule has 12 nitrogen and oxygen atoms in total. The smallest absolute Gasteiger partial charge is 0.266 e. The zero-order valence-corrected chi connectivity index (χ0v) is 46.3. The monoisotopic (exact) mass is 1140 g/mol. The molecule has 0 saturated heterocycles. The van der Waals surface area contributed by atoms with Crippen LogP contribution >= 0.6 is 0 Å². The molecule has 0 aromatic heterocycles. The van der Waals surface area contributed by atoms with Crippen molar-refractivity contribution in [3.63, 3.8) is 0 Å². The molecule has 0 spiro atoms. The Morgan fingerprint density at radius 3 is 0.680 bits per heavy atom. The van der Waals surface area contributed by atoms with Crippen LogP contribution in [0.15, 0.2) is 182 Å². The van der Waals surface area contributed by atoms with Gasteiger partial charge in [0, 0.05) is 65.4 Å². The maximum atomic E-state index is 13.8. The average molecular weight is 1140 g/mol. The minimum absolute atomic E-state index is 0. The second kappa shape index (κ2) is 21.4. The quantitative estimate of drug-likeness (QED) is 0.0970. The molecule has 0 fully saturated rings. The van der Waals surface area contributed by atoms with Crippen LogP contribution in [-0.2, 0) is 84.7 Å². The molecule has 0 unspecified atom stereocenters. The van der Waals surface area contributed by atoms with Gasteiger partial charge in [-0.3, -0.25) is 38.4 Å². The number of hydrogen-bond acceptors (Lipinski definition) is 8. The van der Waals surface area contributed by atoms with Gasteiger partial charge in [-0.15, -0.1) is 0 Å². The minimum Gasteiger partial charge on any atom is -0.358 e. The topological polar surface area (TPSA) is 150 Å². The largest absolute Gasteiger partial charge is 0.358 e. The number of nitrogens with zero attached hydrogens (tertiary/aromatic N) is 4. The van der Waals surface area contributed by atoms with E-state index in [9.17, 15) is 38.4 Å². The molecular weight excluding hydrogens is 1090 g/mol. The molecule has 2 radical (unpaired) electrons. The number of rotatable bonds is 10. The molecule has 8 aromatic carbocycles. The maximum Gasteiger partial charge on any atom is 0.266 e. The first kappa shape index (κ1) is 53.8. The normalized spacial score (nSPS) is 14.0. The van der Waals surface area contributed by atoms with E-state index in [2.05, 4.69) is 0 Å². The van der Waals surface area contributed by atoms with Crippen molar-refractivity contribution >= 4 is 70.0 Å². The standard InChI is InChI=1S/C59H36N4O8.2CH3.2Y/c64-52-44-23-15-36(30-48(44)56(68)60(52)40-7-3-1-4-8-40)28-38-17-25-46-50(32-38)58(70)62(54(46)66)42-19-11-34(12-20-42)27-35-13-21-43(22-14-35)63-55(67)47-26-18-39(33-51(47)59(63)71)29-37-16-24-45-49(31-37)57(69)61(53(45)65)41-9-5-2-6-10-41;;;;/h1-26,30-33H,27-29H2;2*1H3;;/q;2*-1;;. The fourth-order valence-electron chi connectivity index (χ4n) is 9.92. The van der Waals surface area contributed by atoms with Crippen LogP contribution in [0.5, 0.6) is 0 Å². The third-order valence-electron chi connectivity index (χ3n) is 13.4. The van der Waals surface area contributed by atoms with Crippen molar-refractivity contribution in [3.8, 4) is 0 Å². The molecule has 8 amide bonds. The van der Waals surface area contributed by atoms with Crippen LogP contribution in [-0.4, -0.2) is 47.3 Å². The Morgan fingerprint density at radius 1 is 0.227 bits per heavy atom. The van der Waals surface area contributed by atoms with E-state index in [1.54, 1.807) is 146 Å². The number of carbonyl (C=O) groups excluding carboxylic acids is 8. The van der Waals surface area contributed by atoms with Gasteiger partial charge in [0.25, 0.3) is 47.3 Å². The number of anilines is 4. The van der Waals surface area contributed by atoms with E-state index in [1.165, 1.54) is 9.80 Å². The van der Waals surface area contributed by atoms with Crippen molar-refractivity contribution in [1.82, 2.24) is 0 Å². The zero-order valence-electron chi connectivity index (χ0n) is 40.7. The molecule has 362 valence electrons. The first-order chi connectivity index (χ1) is 34.5. The molecule has 75 heavy (non-hydrogen) atoms. The summed E-state index contributed by atoms with van der Waals surface area (Å²) in [6.07, 6.45) is 1.23. The van der Waals surface area contributed by atoms with Crippen LogP contribution in [0.1, 0.15) is 116 Å². The molecular formula is C61H42N4O8Y2-2. The maximum absolute atomic E-state index is 13.8. The van der Waals surface area contributed by atoms with Gasteiger partial charge in [-0.05, 0) is 150 Å². The fourth-order valence-corrected chi connectivity index (χ4v) is 9.92. The summed E-state index contributed by atoms with van der Waals surface area (Å²) in [6, 6.07) is 52.4. The van der Waals surface area contributed by atoms with Crippen molar-refractivity contribution in [2.75, 3.05) is 19.6 Å². The molecule has 12 rings (SSSR count). The van der Waals surface area contributed by atoms with Crippen LogP contribution in [0.3, 0.4) is 0 Å². The van der Waals surface area contributed by atoms with Gasteiger partial charge in [0.05, 0.1) is 67.3 Å². The van der Waals surface area contributed by atoms with Gasteiger partial charge in [0.1, 0.15) is 0 Å². The van der Waals surface area contributed by atoms with E-state index < -0.39 is 35.4 Å². The van der Waals surface area contributed by atoms with E-state index in [0.29, 0.717) is 75.4 Å².